The van der Waals surface area contributed by atoms with Gasteiger partial charge in [0.2, 0.25) is 0 Å². The first-order valence-corrected chi connectivity index (χ1v) is 9.77. The minimum atomic E-state index is -0.270. The van der Waals surface area contributed by atoms with Crippen molar-refractivity contribution in [2.75, 3.05) is 6.61 Å². The summed E-state index contributed by atoms with van der Waals surface area (Å²) in [6.45, 7) is 0.711. The van der Waals surface area contributed by atoms with E-state index in [0.717, 1.165) is 28.6 Å². The summed E-state index contributed by atoms with van der Waals surface area (Å²) in [5.41, 5.74) is 3.76. The summed E-state index contributed by atoms with van der Waals surface area (Å²) in [4.78, 5) is 17.3. The van der Waals surface area contributed by atoms with Crippen molar-refractivity contribution in [3.63, 3.8) is 0 Å². The van der Waals surface area contributed by atoms with Crippen LogP contribution in [-0.2, 0) is 6.42 Å². The van der Waals surface area contributed by atoms with E-state index >= 15 is 0 Å². The lowest BCUT2D eigenvalue weighted by Crippen LogP contribution is -2.41. The van der Waals surface area contributed by atoms with Gasteiger partial charge in [0.1, 0.15) is 5.75 Å². The van der Waals surface area contributed by atoms with Gasteiger partial charge >= 0.3 is 0 Å². The number of pyridine rings is 1. The number of ether oxygens (including phenoxy) is 1. The number of aliphatic hydroxyl groups excluding tert-OH is 1. The largest absolute Gasteiger partial charge is 0.493 e. The number of aliphatic hydroxyl groups is 1. The number of hydrogen-bond acceptors (Lipinski definition) is 4. The normalized spacial score (nSPS) is 21.5. The maximum atomic E-state index is 13.0. The van der Waals surface area contributed by atoms with Crippen LogP contribution in [0.2, 0.25) is 0 Å². The number of rotatable bonds is 4. The first kappa shape index (κ1) is 17.2. The van der Waals surface area contributed by atoms with Crippen LogP contribution in [0, 0.1) is 5.92 Å². The third kappa shape index (κ3) is 3.12. The molecule has 0 radical (unpaired) electrons. The van der Waals surface area contributed by atoms with E-state index in [1.165, 1.54) is 5.56 Å². The molecule has 2 N–H and O–H groups in total. The molecule has 1 aromatic heterocycles. The standard InChI is InChI=1S/C23H22N2O3/c26-19-12-18(13-19)22(16-4-6-21-15(11-16)7-9-28-21)25-23(27)17-3-5-20-14(10-17)2-1-8-24-20/h1-6,8,10-11,18-19,22,26H,7,9,12-13H2,(H,25,27)/t18?,19?,22-/m0/s1. The summed E-state index contributed by atoms with van der Waals surface area (Å²) in [7, 11) is 0. The molecule has 2 aliphatic rings. The quantitative estimate of drug-likeness (QED) is 0.734. The Hall–Kier alpha value is -2.92. The third-order valence-corrected chi connectivity index (χ3v) is 5.85. The van der Waals surface area contributed by atoms with Crippen molar-refractivity contribution in [1.29, 1.82) is 0 Å². The average Bonchev–Trinajstić information content (AvgIpc) is 3.17. The van der Waals surface area contributed by atoms with E-state index in [1.54, 1.807) is 6.20 Å². The van der Waals surface area contributed by atoms with E-state index < -0.39 is 0 Å². The van der Waals surface area contributed by atoms with Crippen molar-refractivity contribution in [2.45, 2.75) is 31.4 Å². The Morgan fingerprint density at radius 3 is 2.93 bits per heavy atom. The Kier molecular flexibility index (Phi) is 4.24. The number of hydrogen-bond donors (Lipinski definition) is 2. The monoisotopic (exact) mass is 374 g/mol. The first-order valence-electron chi connectivity index (χ1n) is 9.77. The number of nitrogens with one attached hydrogen (secondary N) is 1. The predicted octanol–water partition coefficient (Wildman–Crippen LogP) is 3.41. The molecule has 2 aromatic carbocycles. The average molecular weight is 374 g/mol. The zero-order chi connectivity index (χ0) is 19.1. The van der Waals surface area contributed by atoms with Crippen molar-refractivity contribution in [3.8, 4) is 5.75 Å². The van der Waals surface area contributed by atoms with E-state index in [4.69, 9.17) is 4.74 Å². The smallest absolute Gasteiger partial charge is 0.251 e. The van der Waals surface area contributed by atoms with E-state index in [0.29, 0.717) is 25.0 Å². The van der Waals surface area contributed by atoms with Crippen molar-refractivity contribution in [3.05, 3.63) is 71.4 Å². The van der Waals surface area contributed by atoms with Gasteiger partial charge in [0.25, 0.3) is 5.91 Å². The van der Waals surface area contributed by atoms with Gasteiger partial charge in [-0.2, -0.15) is 0 Å². The number of amides is 1. The molecule has 5 rings (SSSR count). The van der Waals surface area contributed by atoms with E-state index in [-0.39, 0.29) is 24.0 Å². The summed E-state index contributed by atoms with van der Waals surface area (Å²) >= 11 is 0. The topological polar surface area (TPSA) is 71.5 Å². The lowest BCUT2D eigenvalue weighted by Gasteiger charge is -2.38. The molecule has 1 aliphatic heterocycles. The van der Waals surface area contributed by atoms with Crippen molar-refractivity contribution in [2.24, 2.45) is 5.92 Å². The molecule has 1 saturated carbocycles. The molecule has 28 heavy (non-hydrogen) atoms. The fourth-order valence-corrected chi connectivity index (χ4v) is 4.22. The number of aromatic nitrogens is 1. The maximum absolute atomic E-state index is 13.0. The Morgan fingerprint density at radius 2 is 2.07 bits per heavy atom. The number of carbonyl (C=O) groups is 1. The second-order valence-electron chi connectivity index (χ2n) is 7.71. The van der Waals surface area contributed by atoms with Crippen LogP contribution in [0.1, 0.15) is 40.4 Å². The van der Waals surface area contributed by atoms with Crippen molar-refractivity contribution >= 4 is 16.8 Å². The van der Waals surface area contributed by atoms with Gasteiger partial charge in [-0.25, -0.2) is 0 Å². The van der Waals surface area contributed by atoms with Gasteiger partial charge in [-0.1, -0.05) is 12.1 Å². The van der Waals surface area contributed by atoms with E-state index in [9.17, 15) is 9.90 Å². The van der Waals surface area contributed by atoms with Gasteiger partial charge in [0.05, 0.1) is 24.3 Å². The number of fused-ring (bicyclic) bond motifs is 2. The van der Waals surface area contributed by atoms with Gasteiger partial charge in [0.15, 0.2) is 0 Å². The van der Waals surface area contributed by atoms with Crippen LogP contribution in [0.15, 0.2) is 54.7 Å². The molecule has 5 nitrogen and oxygen atoms in total. The van der Waals surface area contributed by atoms with Crippen LogP contribution < -0.4 is 10.1 Å². The molecule has 1 amide bonds. The Morgan fingerprint density at radius 1 is 1.18 bits per heavy atom. The molecule has 0 unspecified atom stereocenters. The van der Waals surface area contributed by atoms with Crippen LogP contribution in [0.3, 0.4) is 0 Å². The summed E-state index contributed by atoms with van der Waals surface area (Å²) in [6, 6.07) is 15.4. The Bertz CT molecular complexity index is 1040. The van der Waals surface area contributed by atoms with Crippen molar-refractivity contribution < 1.29 is 14.6 Å². The highest BCUT2D eigenvalue weighted by molar-refractivity contribution is 5.98. The summed E-state index contributed by atoms with van der Waals surface area (Å²) in [5.74, 6) is 1.07. The predicted molar refractivity (Wildman–Crippen MR) is 106 cm³/mol. The molecule has 1 aliphatic carbocycles. The van der Waals surface area contributed by atoms with Gasteiger partial charge in [-0.05, 0) is 66.3 Å². The van der Waals surface area contributed by atoms with Crippen LogP contribution in [-0.4, -0.2) is 28.7 Å². The maximum Gasteiger partial charge on any atom is 0.251 e. The summed E-state index contributed by atoms with van der Waals surface area (Å²) in [6.07, 6.45) is 3.79. The highest BCUT2D eigenvalue weighted by Gasteiger charge is 2.36. The summed E-state index contributed by atoms with van der Waals surface area (Å²) < 4.78 is 5.61. The van der Waals surface area contributed by atoms with Gasteiger partial charge < -0.3 is 15.2 Å². The highest BCUT2D eigenvalue weighted by Crippen LogP contribution is 2.40. The molecule has 0 saturated heterocycles. The molecular formula is C23H22N2O3. The van der Waals surface area contributed by atoms with E-state index in [1.807, 2.05) is 42.5 Å². The fraction of sp³-hybridized carbons (Fsp3) is 0.304. The Balaban J connectivity index is 1.43. The second-order valence-corrected chi connectivity index (χ2v) is 7.71. The van der Waals surface area contributed by atoms with Crippen LogP contribution in [0.5, 0.6) is 5.75 Å². The van der Waals surface area contributed by atoms with E-state index in [2.05, 4.69) is 16.4 Å². The van der Waals surface area contributed by atoms with Crippen LogP contribution >= 0.6 is 0 Å². The molecule has 3 aromatic rings. The molecule has 0 spiro atoms. The van der Waals surface area contributed by atoms with Gasteiger partial charge in [-0.3, -0.25) is 9.78 Å². The molecule has 1 fully saturated rings. The number of nitrogens with zero attached hydrogens (tertiary/aromatic N) is 1. The number of benzene rings is 2. The fourth-order valence-electron chi connectivity index (χ4n) is 4.22. The molecular weight excluding hydrogens is 352 g/mol. The van der Waals surface area contributed by atoms with Crippen LogP contribution in [0.4, 0.5) is 0 Å². The zero-order valence-corrected chi connectivity index (χ0v) is 15.5. The summed E-state index contributed by atoms with van der Waals surface area (Å²) in [5, 5.41) is 14.0. The minimum Gasteiger partial charge on any atom is -0.493 e. The lowest BCUT2D eigenvalue weighted by molar-refractivity contribution is 0.0235. The zero-order valence-electron chi connectivity index (χ0n) is 15.5. The SMILES string of the molecule is O=C(N[C@@H](c1ccc2c(c1)CCO2)C1CC(O)C1)c1ccc2ncccc2c1. The first-order chi connectivity index (χ1) is 13.7. The highest BCUT2D eigenvalue weighted by atomic mass is 16.5. The molecule has 2 heterocycles. The second kappa shape index (κ2) is 6.91. The Labute approximate surface area is 163 Å². The molecule has 5 heteroatoms. The van der Waals surface area contributed by atoms with Gasteiger partial charge in [-0.15, -0.1) is 0 Å². The van der Waals surface area contributed by atoms with Gasteiger partial charge in [0, 0.05) is 23.6 Å². The third-order valence-electron chi connectivity index (χ3n) is 5.85. The molecule has 142 valence electrons. The van der Waals surface area contributed by atoms with Crippen LogP contribution in [0.25, 0.3) is 10.9 Å². The van der Waals surface area contributed by atoms with Crippen molar-refractivity contribution in [1.82, 2.24) is 10.3 Å². The molecule has 1 atom stereocenters. The molecule has 0 bridgehead atoms. The minimum absolute atomic E-state index is 0.103. The number of carbonyl (C=O) groups excluding carboxylic acids is 1. The lowest BCUT2D eigenvalue weighted by atomic mass is 9.74.